The van der Waals surface area contributed by atoms with Crippen LogP contribution in [0.25, 0.3) is 17.1 Å². The molecular weight excluding hydrogens is 278 g/mol. The predicted octanol–water partition coefficient (Wildman–Crippen LogP) is 2.54. The molecule has 0 aliphatic heterocycles. The van der Waals surface area contributed by atoms with E-state index in [1.165, 1.54) is 0 Å². The molecule has 2 heterocycles. The highest BCUT2D eigenvalue weighted by atomic mass is 16.5. The zero-order chi connectivity index (χ0) is 15.7. The van der Waals surface area contributed by atoms with Gasteiger partial charge in [-0.05, 0) is 38.1 Å². The van der Waals surface area contributed by atoms with E-state index in [2.05, 4.69) is 15.3 Å². The van der Waals surface area contributed by atoms with Crippen LogP contribution in [0.4, 0.5) is 5.82 Å². The molecule has 6 heteroatoms. The molecule has 3 rings (SSSR count). The molecule has 112 valence electrons. The van der Waals surface area contributed by atoms with Gasteiger partial charge in [0.15, 0.2) is 5.82 Å². The maximum atomic E-state index is 5.90. The van der Waals surface area contributed by atoms with Gasteiger partial charge in [-0.15, -0.1) is 10.2 Å². The van der Waals surface area contributed by atoms with Crippen LogP contribution < -0.4 is 10.5 Å². The van der Waals surface area contributed by atoms with Crippen molar-refractivity contribution in [3.8, 4) is 22.8 Å². The summed E-state index contributed by atoms with van der Waals surface area (Å²) in [5, 5.41) is 12.8. The van der Waals surface area contributed by atoms with Gasteiger partial charge < -0.3 is 10.5 Å². The van der Waals surface area contributed by atoms with E-state index in [-0.39, 0.29) is 0 Å². The third kappa shape index (κ3) is 2.50. The van der Waals surface area contributed by atoms with Gasteiger partial charge in [-0.3, -0.25) is 0 Å². The van der Waals surface area contributed by atoms with Crippen molar-refractivity contribution in [2.75, 3.05) is 12.8 Å². The number of nitrogens with zero attached hydrogens (tertiary/aromatic N) is 4. The second kappa shape index (κ2) is 5.48. The summed E-state index contributed by atoms with van der Waals surface area (Å²) in [6, 6.07) is 11.5. The van der Waals surface area contributed by atoms with Gasteiger partial charge in [0.05, 0.1) is 18.5 Å². The fourth-order valence-corrected chi connectivity index (χ4v) is 2.31. The summed E-state index contributed by atoms with van der Waals surface area (Å²) in [7, 11) is 1.64. The van der Waals surface area contributed by atoms with Crippen molar-refractivity contribution in [3.05, 3.63) is 47.7 Å². The second-order valence-corrected chi connectivity index (χ2v) is 5.10. The molecule has 0 aliphatic carbocycles. The van der Waals surface area contributed by atoms with Gasteiger partial charge in [0.2, 0.25) is 0 Å². The maximum absolute atomic E-state index is 5.90. The lowest BCUT2D eigenvalue weighted by Crippen LogP contribution is -2.05. The van der Waals surface area contributed by atoms with Crippen molar-refractivity contribution in [1.82, 2.24) is 20.0 Å². The van der Waals surface area contributed by atoms with Crippen LogP contribution in [-0.4, -0.2) is 27.1 Å². The number of hydrogen-bond acceptors (Lipinski definition) is 5. The van der Waals surface area contributed by atoms with E-state index in [1.54, 1.807) is 17.9 Å². The first kappa shape index (κ1) is 14.1. The van der Waals surface area contributed by atoms with Crippen molar-refractivity contribution < 1.29 is 4.74 Å². The minimum atomic E-state index is 0.535. The summed E-state index contributed by atoms with van der Waals surface area (Å²) < 4.78 is 6.96. The van der Waals surface area contributed by atoms with Gasteiger partial charge in [-0.2, -0.15) is 9.78 Å². The molecule has 0 spiro atoms. The smallest absolute Gasteiger partial charge is 0.178 e. The van der Waals surface area contributed by atoms with E-state index in [4.69, 9.17) is 10.5 Å². The van der Waals surface area contributed by atoms with Crippen LogP contribution in [0.15, 0.2) is 36.4 Å². The first-order chi connectivity index (χ1) is 10.6. The second-order valence-electron chi connectivity index (χ2n) is 5.10. The minimum absolute atomic E-state index is 0.535. The summed E-state index contributed by atoms with van der Waals surface area (Å²) in [6.45, 7) is 3.91. The van der Waals surface area contributed by atoms with E-state index >= 15 is 0 Å². The van der Waals surface area contributed by atoms with Crippen LogP contribution in [-0.2, 0) is 0 Å². The van der Waals surface area contributed by atoms with Crippen LogP contribution in [0, 0.1) is 13.8 Å². The molecule has 1 aromatic carbocycles. The highest BCUT2D eigenvalue weighted by molar-refractivity contribution is 5.68. The quantitative estimate of drug-likeness (QED) is 0.803. The van der Waals surface area contributed by atoms with Crippen molar-refractivity contribution in [2.24, 2.45) is 0 Å². The molecule has 2 N–H and O–H groups in total. The Balaban J connectivity index is 2.02. The summed E-state index contributed by atoms with van der Waals surface area (Å²) in [5.41, 5.74) is 9.52. The van der Waals surface area contributed by atoms with E-state index in [0.717, 1.165) is 28.3 Å². The number of hydrogen-bond donors (Lipinski definition) is 1. The summed E-state index contributed by atoms with van der Waals surface area (Å²) in [5.74, 6) is 1.88. The minimum Gasteiger partial charge on any atom is -0.496 e. The zero-order valence-electron chi connectivity index (χ0n) is 12.7. The number of methoxy groups -OCH3 is 1. The Labute approximate surface area is 128 Å². The number of nitrogen functional groups attached to an aromatic ring is 1. The SMILES string of the molecule is COc1ccc(C)cc1-c1ccc(-n2nc(C)cc2N)nn1. The molecular formula is C16H17N5O. The van der Waals surface area contributed by atoms with E-state index in [0.29, 0.717) is 11.6 Å². The van der Waals surface area contributed by atoms with Crippen molar-refractivity contribution in [1.29, 1.82) is 0 Å². The van der Waals surface area contributed by atoms with E-state index in [9.17, 15) is 0 Å². The highest BCUT2D eigenvalue weighted by Crippen LogP contribution is 2.29. The van der Waals surface area contributed by atoms with Crippen LogP contribution >= 0.6 is 0 Å². The first-order valence-electron chi connectivity index (χ1n) is 6.90. The first-order valence-corrected chi connectivity index (χ1v) is 6.90. The van der Waals surface area contributed by atoms with Gasteiger partial charge >= 0.3 is 0 Å². The Bertz CT molecular complexity index is 808. The van der Waals surface area contributed by atoms with Crippen LogP contribution in [0.1, 0.15) is 11.3 Å². The van der Waals surface area contributed by atoms with Gasteiger partial charge in [0.25, 0.3) is 0 Å². The van der Waals surface area contributed by atoms with Gasteiger partial charge in [-0.25, -0.2) is 0 Å². The summed E-state index contributed by atoms with van der Waals surface area (Å²) in [6.07, 6.45) is 0. The Morgan fingerprint density at radius 2 is 1.86 bits per heavy atom. The number of aryl methyl sites for hydroxylation is 2. The number of rotatable bonds is 3. The maximum Gasteiger partial charge on any atom is 0.178 e. The number of aromatic nitrogens is 4. The van der Waals surface area contributed by atoms with E-state index in [1.807, 2.05) is 44.2 Å². The molecule has 6 nitrogen and oxygen atoms in total. The molecule has 0 amide bonds. The zero-order valence-corrected chi connectivity index (χ0v) is 12.7. The summed E-state index contributed by atoms with van der Waals surface area (Å²) >= 11 is 0. The Morgan fingerprint density at radius 3 is 2.45 bits per heavy atom. The third-order valence-electron chi connectivity index (χ3n) is 3.36. The van der Waals surface area contributed by atoms with Crippen LogP contribution in [0.3, 0.4) is 0 Å². The van der Waals surface area contributed by atoms with Crippen molar-refractivity contribution in [2.45, 2.75) is 13.8 Å². The normalized spacial score (nSPS) is 10.7. The molecule has 22 heavy (non-hydrogen) atoms. The average Bonchev–Trinajstić information content (AvgIpc) is 2.86. The molecule has 0 saturated carbocycles. The highest BCUT2D eigenvalue weighted by Gasteiger charge is 2.10. The number of anilines is 1. The molecule has 0 fully saturated rings. The molecule has 2 aromatic heterocycles. The molecule has 0 aliphatic rings. The lowest BCUT2D eigenvalue weighted by molar-refractivity contribution is 0.416. The van der Waals surface area contributed by atoms with Crippen LogP contribution in [0.5, 0.6) is 5.75 Å². The number of ether oxygens (including phenoxy) is 1. The Hall–Kier alpha value is -2.89. The Kier molecular flexibility index (Phi) is 3.50. The van der Waals surface area contributed by atoms with Crippen molar-refractivity contribution in [3.63, 3.8) is 0 Å². The lowest BCUT2D eigenvalue weighted by Gasteiger charge is -2.09. The predicted molar refractivity (Wildman–Crippen MR) is 85.0 cm³/mol. The van der Waals surface area contributed by atoms with E-state index < -0.39 is 0 Å². The van der Waals surface area contributed by atoms with Gasteiger partial charge in [0, 0.05) is 11.6 Å². The van der Waals surface area contributed by atoms with Gasteiger partial charge in [-0.1, -0.05) is 11.6 Å². The topological polar surface area (TPSA) is 78.9 Å². The molecule has 0 bridgehead atoms. The van der Waals surface area contributed by atoms with Crippen molar-refractivity contribution >= 4 is 5.82 Å². The lowest BCUT2D eigenvalue weighted by atomic mass is 10.1. The number of benzene rings is 1. The fraction of sp³-hybridized carbons (Fsp3) is 0.188. The molecule has 0 saturated heterocycles. The monoisotopic (exact) mass is 295 g/mol. The third-order valence-corrected chi connectivity index (χ3v) is 3.36. The standard InChI is InChI=1S/C16H17N5O/c1-10-4-6-14(22-3)12(8-10)13-5-7-16(19-18-13)21-15(17)9-11(2)20-21/h4-9H,17H2,1-3H3. The number of nitrogens with two attached hydrogens (primary N) is 1. The molecule has 3 aromatic rings. The fourth-order valence-electron chi connectivity index (χ4n) is 2.31. The summed E-state index contributed by atoms with van der Waals surface area (Å²) in [4.78, 5) is 0. The average molecular weight is 295 g/mol. The Morgan fingerprint density at radius 1 is 1.05 bits per heavy atom. The van der Waals surface area contributed by atoms with Gasteiger partial charge in [0.1, 0.15) is 11.6 Å². The molecule has 0 atom stereocenters. The largest absolute Gasteiger partial charge is 0.496 e. The molecule has 0 unspecified atom stereocenters. The van der Waals surface area contributed by atoms with Crippen LogP contribution in [0.2, 0.25) is 0 Å². The molecule has 0 radical (unpaired) electrons.